The molecule has 1 aliphatic heterocycles. The van der Waals surface area contributed by atoms with Crippen LogP contribution in [0, 0.1) is 73.5 Å². The number of likely N-dealkylation sites (tertiary alicyclic amines) is 1. The monoisotopic (exact) mass is 1340 g/mol. The van der Waals surface area contributed by atoms with E-state index >= 15 is 0 Å². The van der Waals surface area contributed by atoms with Crippen molar-refractivity contribution >= 4 is 94.9 Å². The van der Waals surface area contributed by atoms with Crippen LogP contribution in [0.2, 0.25) is 0 Å². The molecule has 1 fully saturated rings. The molecule has 3 aromatic carbocycles. The van der Waals surface area contributed by atoms with E-state index in [1.165, 1.54) is 24.6 Å². The highest BCUT2D eigenvalue weighted by atomic mass is 79.9. The van der Waals surface area contributed by atoms with Gasteiger partial charge >= 0.3 is 0 Å². The molecule has 95 heavy (non-hydrogen) atoms. The number of hydrogen-bond donors (Lipinski definition) is 3. The third-order valence-corrected chi connectivity index (χ3v) is 16.3. The summed E-state index contributed by atoms with van der Waals surface area (Å²) in [7, 11) is 0. The molecule has 13 aromatic rings. The van der Waals surface area contributed by atoms with E-state index in [1.54, 1.807) is 74.4 Å². The minimum absolute atomic E-state index is 0.0672. The number of benzene rings is 3. The van der Waals surface area contributed by atoms with Crippen LogP contribution < -0.4 is 11.5 Å². The molecule has 0 radical (unpaired) electrons. The van der Waals surface area contributed by atoms with E-state index in [4.69, 9.17) is 38.9 Å². The van der Waals surface area contributed by atoms with E-state index in [2.05, 4.69) is 115 Å². The lowest BCUT2D eigenvalue weighted by Gasteiger charge is -2.25. The summed E-state index contributed by atoms with van der Waals surface area (Å²) < 4.78 is 6.87. The Bertz CT molecular complexity index is 4980. The van der Waals surface area contributed by atoms with Crippen LogP contribution in [0.1, 0.15) is 91.9 Å². The second kappa shape index (κ2) is 32.6. The number of nitrogen functional groups attached to an aromatic ring is 2. The molecule has 10 aromatic heterocycles. The van der Waals surface area contributed by atoms with Gasteiger partial charge in [0.2, 0.25) is 0 Å². The lowest BCUT2D eigenvalue weighted by Crippen LogP contribution is -2.34. The zero-order valence-corrected chi connectivity index (χ0v) is 55.3. The van der Waals surface area contributed by atoms with Crippen LogP contribution in [-0.4, -0.2) is 90.6 Å². The molecular formula is C75H66BrClN16O2. The number of nitrogens with zero attached hydrogens (tertiary/aromatic N) is 13. The minimum Gasteiger partial charge on any atom is -0.383 e. The SMILES string of the molecule is CC#Cc1cccnc1N.Cc1c(C(=O)CCl)c2cccnc2n1-c1ccc(C#N)cc1.Cc1c(C(=O)CN2CCCCC2)c2cccnc2n1-c1ccc(C#N)cc1.Cc1cc2cccnc2[nH]1.Cc1cc2cccnc2n1-c1ccc(C#N)cc1.Nc1ncccc1Br. The quantitative estimate of drug-likeness (QED) is 0.0725. The number of carbonyl (C=O) groups excluding carboxylic acids is 2. The summed E-state index contributed by atoms with van der Waals surface area (Å²) >= 11 is 8.95. The third kappa shape index (κ3) is 16.6. The Hall–Kier alpha value is -11.6. The average Bonchev–Trinajstić information content (AvgIpc) is 1.62. The largest absolute Gasteiger partial charge is 0.383 e. The predicted octanol–water partition coefficient (Wildman–Crippen LogP) is 15.0. The van der Waals surface area contributed by atoms with Gasteiger partial charge in [-0.1, -0.05) is 12.3 Å². The number of Topliss-reactive ketones (excluding diaryl/α,β-unsaturated/α-hetero) is 2. The number of nitriles is 3. The molecule has 472 valence electrons. The number of pyridine rings is 6. The Labute approximate surface area is 563 Å². The van der Waals surface area contributed by atoms with Crippen molar-refractivity contribution in [2.24, 2.45) is 0 Å². The number of H-pyrrole nitrogens is 1. The summed E-state index contributed by atoms with van der Waals surface area (Å²) in [6, 6.07) is 55.5. The molecule has 18 nitrogen and oxygen atoms in total. The highest BCUT2D eigenvalue weighted by Crippen LogP contribution is 2.31. The van der Waals surface area contributed by atoms with Crippen LogP contribution >= 0.6 is 27.5 Å². The normalized spacial score (nSPS) is 11.4. The van der Waals surface area contributed by atoms with Gasteiger partial charge in [-0.15, -0.1) is 17.5 Å². The zero-order chi connectivity index (χ0) is 67.4. The van der Waals surface area contributed by atoms with Crippen molar-refractivity contribution in [3.63, 3.8) is 0 Å². The van der Waals surface area contributed by atoms with E-state index in [0.717, 1.165) is 102 Å². The second-order valence-electron chi connectivity index (χ2n) is 21.7. The van der Waals surface area contributed by atoms with Gasteiger partial charge in [-0.3, -0.25) is 28.2 Å². The Balaban J connectivity index is 0.000000141. The van der Waals surface area contributed by atoms with Gasteiger partial charge in [0.1, 0.15) is 34.2 Å². The second-order valence-corrected chi connectivity index (χ2v) is 22.9. The summed E-state index contributed by atoms with van der Waals surface area (Å²) in [6.45, 7) is 12.2. The van der Waals surface area contributed by atoms with Crippen LogP contribution in [0.3, 0.4) is 0 Å². The fourth-order valence-electron chi connectivity index (χ4n) is 11.0. The Morgan fingerprint density at radius 2 is 0.989 bits per heavy atom. The summed E-state index contributed by atoms with van der Waals surface area (Å²) in [4.78, 5) is 55.9. The van der Waals surface area contributed by atoms with Crippen molar-refractivity contribution in [2.75, 3.05) is 37.0 Å². The highest BCUT2D eigenvalue weighted by Gasteiger charge is 2.25. The van der Waals surface area contributed by atoms with Crippen molar-refractivity contribution in [1.29, 1.82) is 15.8 Å². The maximum absolute atomic E-state index is 13.2. The molecule has 0 saturated carbocycles. The molecule has 14 rings (SSSR count). The summed E-state index contributed by atoms with van der Waals surface area (Å²) in [5.74, 6) is 6.59. The lowest BCUT2D eigenvalue weighted by atomic mass is 10.1. The maximum Gasteiger partial charge on any atom is 0.180 e. The van der Waals surface area contributed by atoms with Gasteiger partial charge in [-0.2, -0.15) is 15.8 Å². The van der Waals surface area contributed by atoms with Crippen LogP contribution in [0.5, 0.6) is 0 Å². The molecule has 0 amide bonds. The van der Waals surface area contributed by atoms with Crippen LogP contribution in [0.4, 0.5) is 11.6 Å². The number of aromatic amines is 1. The molecule has 11 heterocycles. The fraction of sp³-hybridized carbons (Fsp3) is 0.160. The molecule has 20 heteroatoms. The van der Waals surface area contributed by atoms with E-state index in [1.807, 2.05) is 139 Å². The predicted molar refractivity (Wildman–Crippen MR) is 380 cm³/mol. The first-order valence-corrected chi connectivity index (χ1v) is 31.6. The first kappa shape index (κ1) is 67.8. The number of halogens is 2. The zero-order valence-electron chi connectivity index (χ0n) is 53.0. The average molecular weight is 1340 g/mol. The van der Waals surface area contributed by atoms with Crippen molar-refractivity contribution in [3.8, 4) is 47.1 Å². The molecule has 5 N–H and O–H groups in total. The molecule has 1 saturated heterocycles. The van der Waals surface area contributed by atoms with Gasteiger partial charge in [0, 0.05) is 110 Å². The molecule has 0 bridgehead atoms. The number of hydrogen-bond acceptors (Lipinski definition) is 14. The number of anilines is 2. The smallest absolute Gasteiger partial charge is 0.180 e. The van der Waals surface area contributed by atoms with Crippen LogP contribution in [0.15, 0.2) is 199 Å². The lowest BCUT2D eigenvalue weighted by molar-refractivity contribution is 0.0916. The van der Waals surface area contributed by atoms with Crippen LogP contribution in [0.25, 0.3) is 61.2 Å². The summed E-state index contributed by atoms with van der Waals surface area (Å²) in [5, 5.41) is 30.7. The van der Waals surface area contributed by atoms with Gasteiger partial charge in [0.15, 0.2) is 11.6 Å². The number of ketones is 2. The van der Waals surface area contributed by atoms with Crippen molar-refractivity contribution in [1.82, 2.24) is 53.5 Å². The van der Waals surface area contributed by atoms with E-state index in [9.17, 15) is 9.59 Å². The Morgan fingerprint density at radius 1 is 0.537 bits per heavy atom. The molecule has 0 spiro atoms. The first-order valence-electron chi connectivity index (χ1n) is 30.3. The van der Waals surface area contributed by atoms with Crippen molar-refractivity contribution < 1.29 is 9.59 Å². The molecule has 0 unspecified atom stereocenters. The third-order valence-electron chi connectivity index (χ3n) is 15.3. The highest BCUT2D eigenvalue weighted by molar-refractivity contribution is 9.10. The Morgan fingerprint density at radius 3 is 1.46 bits per heavy atom. The molecule has 1 aliphatic rings. The van der Waals surface area contributed by atoms with E-state index < -0.39 is 0 Å². The topological polar surface area (TPSA) is 269 Å². The number of alkyl halides is 1. The van der Waals surface area contributed by atoms with Gasteiger partial charge in [-0.05, 0) is 234 Å². The number of aromatic nitrogens is 10. The van der Waals surface area contributed by atoms with Crippen molar-refractivity contribution in [3.05, 3.63) is 256 Å². The Kier molecular flexibility index (Phi) is 23.3. The number of nitrogens with one attached hydrogen (secondary N) is 1. The maximum atomic E-state index is 13.2. The fourth-order valence-corrected chi connectivity index (χ4v) is 11.4. The van der Waals surface area contributed by atoms with Crippen molar-refractivity contribution in [2.45, 2.75) is 53.9 Å². The van der Waals surface area contributed by atoms with Gasteiger partial charge < -0.3 is 16.5 Å². The van der Waals surface area contributed by atoms with E-state index in [0.29, 0.717) is 46.1 Å². The van der Waals surface area contributed by atoms with E-state index in [-0.39, 0.29) is 17.4 Å². The molecule has 0 aliphatic carbocycles. The number of aryl methyl sites for hydroxylation is 2. The minimum atomic E-state index is -0.121. The molecular weight excluding hydrogens is 1270 g/mol. The number of nitrogens with two attached hydrogens (primary N) is 2. The summed E-state index contributed by atoms with van der Waals surface area (Å²) in [6.07, 6.45) is 13.9. The van der Waals surface area contributed by atoms with Crippen LogP contribution in [-0.2, 0) is 0 Å². The van der Waals surface area contributed by atoms with Gasteiger partial charge in [-0.25, -0.2) is 29.9 Å². The summed E-state index contributed by atoms with van der Waals surface area (Å²) in [5.41, 5.74) is 25.1. The molecule has 0 atom stereocenters. The number of fused-ring (bicyclic) bond motifs is 4. The number of rotatable bonds is 8. The van der Waals surface area contributed by atoms with Gasteiger partial charge in [0.25, 0.3) is 0 Å². The number of carbonyl (C=O) groups is 2. The number of piperidine rings is 1. The van der Waals surface area contributed by atoms with Gasteiger partial charge in [0.05, 0.1) is 57.4 Å². The standard InChI is InChI=1S/C22H22N4O.C17H12ClN3O.C15H11N3.2C8H8N2.C5H5BrN2/c1-16-21(20(27)15-25-12-3-2-4-13-25)19-6-5-11-24-22(19)26(16)18-9-7-17(14-23)8-10-18;1-11-16(15(22)9-18)14-3-2-8-20-17(14)21(11)13-6-4-12(10-19)5-7-13;1-11-9-13-3-2-8-17-15(13)18(11)14-6-4-12(10-16)5-7-14;1-6-5-7-3-2-4-9-8(7)10-6;1-2-4-7-5-3-6-10-8(7)9;6-4-2-1-3-8-5(4)7/h5-11H,2-4,12-13,15H2,1H3;2-8H,9H2,1H3;2-9H,1H3;2-5H,1H3,(H,9,10);3,5-6H,1H3,(H2,9,10);1-3H,(H2,7,8). The first-order chi connectivity index (χ1) is 46.2.